The Hall–Kier alpha value is -3.59. The summed E-state index contributed by atoms with van der Waals surface area (Å²) in [6, 6.07) is 5.57. The number of aromatic nitrogens is 3. The van der Waals surface area contributed by atoms with Gasteiger partial charge in [0, 0.05) is 30.3 Å². The molecule has 1 aromatic carbocycles. The minimum atomic E-state index is -0.868. The molecule has 3 aromatic rings. The summed E-state index contributed by atoms with van der Waals surface area (Å²) in [6.07, 6.45) is 6.66. The number of benzene rings is 1. The fraction of sp³-hybridized carbons (Fsp3) is 0.308. The van der Waals surface area contributed by atoms with Crippen molar-refractivity contribution < 1.29 is 18.4 Å². The summed E-state index contributed by atoms with van der Waals surface area (Å²) in [6.45, 7) is 2.13. The van der Waals surface area contributed by atoms with Crippen molar-refractivity contribution in [3.8, 4) is 11.3 Å². The molecule has 0 saturated carbocycles. The van der Waals surface area contributed by atoms with E-state index in [1.165, 1.54) is 6.08 Å². The van der Waals surface area contributed by atoms with Crippen LogP contribution < -0.4 is 5.32 Å². The van der Waals surface area contributed by atoms with Crippen molar-refractivity contribution in [2.24, 2.45) is 5.92 Å². The lowest BCUT2D eigenvalue weighted by Crippen LogP contribution is -2.38. The van der Waals surface area contributed by atoms with E-state index in [1.54, 1.807) is 23.4 Å². The van der Waals surface area contributed by atoms with E-state index in [2.05, 4.69) is 20.5 Å². The third kappa shape index (κ3) is 4.51. The number of anilines is 1. The maximum Gasteiger partial charge on any atom is 0.247 e. The molecule has 10 heteroatoms. The third-order valence-electron chi connectivity index (χ3n) is 6.81. The van der Waals surface area contributed by atoms with Crippen molar-refractivity contribution in [1.82, 2.24) is 20.1 Å². The Morgan fingerprint density at radius 1 is 1.17 bits per heavy atom. The molecule has 7 nitrogen and oxygen atoms in total. The number of rotatable bonds is 2. The summed E-state index contributed by atoms with van der Waals surface area (Å²) < 4.78 is 29.0. The van der Waals surface area contributed by atoms with Crippen LogP contribution in [0.25, 0.3) is 16.8 Å². The van der Waals surface area contributed by atoms with Gasteiger partial charge in [-0.1, -0.05) is 24.9 Å². The largest absolute Gasteiger partial charge is 0.330 e. The second-order valence-corrected chi connectivity index (χ2v) is 9.54. The number of H-pyrrole nitrogens is 1. The highest BCUT2D eigenvalue weighted by Crippen LogP contribution is 2.36. The zero-order valence-corrected chi connectivity index (χ0v) is 20.3. The zero-order valence-electron chi connectivity index (χ0n) is 19.5. The Morgan fingerprint density at radius 2 is 2.00 bits per heavy atom. The van der Waals surface area contributed by atoms with Gasteiger partial charge in [-0.2, -0.15) is 5.10 Å². The van der Waals surface area contributed by atoms with Crippen LogP contribution >= 0.6 is 11.6 Å². The van der Waals surface area contributed by atoms with Gasteiger partial charge in [0.25, 0.3) is 0 Å². The predicted molar refractivity (Wildman–Crippen MR) is 132 cm³/mol. The van der Waals surface area contributed by atoms with Crippen LogP contribution in [0.15, 0.2) is 42.7 Å². The molecule has 2 aliphatic rings. The van der Waals surface area contributed by atoms with Gasteiger partial charge >= 0.3 is 0 Å². The highest BCUT2D eigenvalue weighted by atomic mass is 35.5. The first-order valence-electron chi connectivity index (χ1n) is 11.8. The normalized spacial score (nSPS) is 20.7. The van der Waals surface area contributed by atoms with Crippen molar-refractivity contribution in [1.29, 1.82) is 0 Å². The molecule has 2 N–H and O–H groups in total. The quantitative estimate of drug-likeness (QED) is 0.443. The SMILES string of the molecule is CC1CCCC(N2CCC(c3c(F)ccc(Cl)c3F)=CC2=O)c2cc(ccn2)-c2[nH]ncc2NC1=O. The van der Waals surface area contributed by atoms with Gasteiger partial charge in [-0.05, 0) is 49.1 Å². The number of aromatic amines is 1. The number of carbonyl (C=O) groups is 2. The second-order valence-electron chi connectivity index (χ2n) is 9.13. The minimum absolute atomic E-state index is 0.101. The topological polar surface area (TPSA) is 91.0 Å². The molecule has 0 aliphatic carbocycles. The van der Waals surface area contributed by atoms with Gasteiger partial charge < -0.3 is 10.2 Å². The number of fused-ring (bicyclic) bond motifs is 4. The first-order valence-corrected chi connectivity index (χ1v) is 12.2. The monoisotopic (exact) mass is 511 g/mol. The van der Waals surface area contributed by atoms with E-state index in [-0.39, 0.29) is 52.9 Å². The molecule has 0 fully saturated rings. The lowest BCUT2D eigenvalue weighted by molar-refractivity contribution is -0.129. The van der Waals surface area contributed by atoms with E-state index >= 15 is 0 Å². The number of nitrogens with zero attached hydrogens (tertiary/aromatic N) is 3. The van der Waals surface area contributed by atoms with Gasteiger partial charge in [0.2, 0.25) is 11.8 Å². The third-order valence-corrected chi connectivity index (χ3v) is 7.11. The first-order chi connectivity index (χ1) is 17.3. The van der Waals surface area contributed by atoms with Gasteiger partial charge in [-0.15, -0.1) is 0 Å². The molecule has 0 spiro atoms. The number of nitrogens with one attached hydrogen (secondary N) is 2. The molecule has 36 heavy (non-hydrogen) atoms. The van der Waals surface area contributed by atoms with Crippen LogP contribution in [-0.4, -0.2) is 38.4 Å². The number of hydrogen-bond acceptors (Lipinski definition) is 4. The average Bonchev–Trinajstić information content (AvgIpc) is 3.32. The van der Waals surface area contributed by atoms with Crippen molar-refractivity contribution in [2.45, 2.75) is 38.6 Å². The Balaban J connectivity index is 1.51. The maximum atomic E-state index is 14.6. The maximum absolute atomic E-state index is 14.6. The van der Waals surface area contributed by atoms with E-state index in [4.69, 9.17) is 11.6 Å². The summed E-state index contributed by atoms with van der Waals surface area (Å²) >= 11 is 5.86. The van der Waals surface area contributed by atoms with E-state index in [1.807, 2.05) is 13.0 Å². The smallest absolute Gasteiger partial charge is 0.247 e. The molecule has 0 saturated heterocycles. The van der Waals surface area contributed by atoms with Crippen LogP contribution in [0.1, 0.15) is 49.9 Å². The average molecular weight is 512 g/mol. The number of pyridine rings is 1. The molecule has 186 valence electrons. The van der Waals surface area contributed by atoms with Crippen LogP contribution in [0.3, 0.4) is 0 Å². The van der Waals surface area contributed by atoms with E-state index < -0.39 is 11.6 Å². The lowest BCUT2D eigenvalue weighted by Gasteiger charge is -2.34. The minimum Gasteiger partial charge on any atom is -0.330 e. The number of carbonyl (C=O) groups excluding carboxylic acids is 2. The summed E-state index contributed by atoms with van der Waals surface area (Å²) in [5, 5.41) is 9.76. The molecule has 2 aromatic heterocycles. The van der Waals surface area contributed by atoms with Crippen LogP contribution in [-0.2, 0) is 9.59 Å². The fourth-order valence-electron chi connectivity index (χ4n) is 4.84. The summed E-state index contributed by atoms with van der Waals surface area (Å²) in [7, 11) is 0. The molecule has 2 amide bonds. The van der Waals surface area contributed by atoms with Crippen LogP contribution in [0.4, 0.5) is 14.5 Å². The van der Waals surface area contributed by atoms with Gasteiger partial charge in [0.1, 0.15) is 5.82 Å². The van der Waals surface area contributed by atoms with Crippen LogP contribution in [0.5, 0.6) is 0 Å². The Labute approximate surface area is 211 Å². The molecule has 2 bridgehead atoms. The van der Waals surface area contributed by atoms with Gasteiger partial charge in [-0.25, -0.2) is 8.78 Å². The summed E-state index contributed by atoms with van der Waals surface area (Å²) in [5.74, 6) is -2.32. The molecule has 5 rings (SSSR count). The predicted octanol–water partition coefficient (Wildman–Crippen LogP) is 5.52. The number of halogens is 3. The first kappa shape index (κ1) is 24.1. The molecule has 2 unspecified atom stereocenters. The van der Waals surface area contributed by atoms with Crippen molar-refractivity contribution in [2.75, 3.05) is 11.9 Å². The van der Waals surface area contributed by atoms with Crippen molar-refractivity contribution in [3.05, 3.63) is 70.6 Å². The molecule has 0 radical (unpaired) electrons. The standard InChI is InChI=1S/C26H24ClF2N5O2/c1-14-3-2-4-21(19-11-16(7-9-30-19)25-20(13-31-33-25)32-26(14)36)34-10-8-15(12-22(34)35)23-18(28)6-5-17(27)24(23)29/h5-7,9,11-14,21H,2-4,8,10H2,1H3,(H,31,33)(H,32,36). The Kier molecular flexibility index (Phi) is 6.57. The van der Waals surface area contributed by atoms with E-state index in [0.29, 0.717) is 36.3 Å². The molecular formula is C26H24ClF2N5O2. The van der Waals surface area contributed by atoms with Gasteiger partial charge in [0.15, 0.2) is 5.82 Å². The number of hydrogen-bond donors (Lipinski definition) is 2. The zero-order chi connectivity index (χ0) is 25.4. The van der Waals surface area contributed by atoms with Crippen LogP contribution in [0, 0.1) is 17.6 Å². The molecular weight excluding hydrogens is 488 g/mol. The highest BCUT2D eigenvalue weighted by molar-refractivity contribution is 6.31. The molecule has 4 heterocycles. The Morgan fingerprint density at radius 3 is 2.81 bits per heavy atom. The van der Waals surface area contributed by atoms with Gasteiger partial charge in [-0.3, -0.25) is 19.7 Å². The molecule has 2 atom stereocenters. The number of amides is 2. The highest BCUT2D eigenvalue weighted by Gasteiger charge is 2.31. The Bertz CT molecular complexity index is 1370. The second kappa shape index (κ2) is 9.81. The van der Waals surface area contributed by atoms with Gasteiger partial charge in [0.05, 0.1) is 39.9 Å². The van der Waals surface area contributed by atoms with Crippen molar-refractivity contribution >= 4 is 34.7 Å². The molecule has 2 aliphatic heterocycles. The fourth-order valence-corrected chi connectivity index (χ4v) is 5.00. The lowest BCUT2D eigenvalue weighted by atomic mass is 9.93. The van der Waals surface area contributed by atoms with E-state index in [9.17, 15) is 18.4 Å². The summed E-state index contributed by atoms with van der Waals surface area (Å²) in [4.78, 5) is 32.2. The van der Waals surface area contributed by atoms with Crippen molar-refractivity contribution in [3.63, 3.8) is 0 Å². The van der Waals surface area contributed by atoms with Crippen LogP contribution in [0.2, 0.25) is 5.02 Å². The van der Waals surface area contributed by atoms with E-state index in [0.717, 1.165) is 17.7 Å². The summed E-state index contributed by atoms with van der Waals surface area (Å²) in [5.41, 5.74) is 2.70.